The molecule has 0 aromatic heterocycles. The molecule has 1 rings (SSSR count). The third-order valence-electron chi connectivity index (χ3n) is 2.57. The van der Waals surface area contributed by atoms with E-state index in [-0.39, 0.29) is 25.1 Å². The summed E-state index contributed by atoms with van der Waals surface area (Å²) >= 11 is 0. The van der Waals surface area contributed by atoms with Gasteiger partial charge in [0.2, 0.25) is 5.91 Å². The number of carbonyl (C=O) groups excluding carboxylic acids is 1. The molecule has 0 aliphatic carbocycles. The van der Waals surface area contributed by atoms with Crippen LogP contribution in [-0.4, -0.2) is 66.1 Å². The Balaban J connectivity index is 2.65. The standard InChI is InChI=1S/C9H15NO6S/c1-17(15,16)3-2-8(12)10-5-6(11)4-7(10)9(13)14/h6-7,11H,2-5H2,1H3,(H,13,14)/t6-,7-/m1/s1. The van der Waals surface area contributed by atoms with Crippen molar-refractivity contribution in [1.29, 1.82) is 0 Å². The Morgan fingerprint density at radius 3 is 2.47 bits per heavy atom. The fraction of sp³-hybridized carbons (Fsp3) is 0.778. The minimum absolute atomic E-state index is 0.0139. The molecule has 1 amide bonds. The molecule has 2 N–H and O–H groups in total. The molecule has 1 aliphatic heterocycles. The lowest BCUT2D eigenvalue weighted by atomic mass is 10.2. The highest BCUT2D eigenvalue weighted by Gasteiger charge is 2.38. The van der Waals surface area contributed by atoms with E-state index in [0.29, 0.717) is 0 Å². The Hall–Kier alpha value is -1.15. The van der Waals surface area contributed by atoms with Crippen LogP contribution in [0.15, 0.2) is 0 Å². The third-order valence-corrected chi connectivity index (χ3v) is 3.52. The van der Waals surface area contributed by atoms with Gasteiger partial charge in [0, 0.05) is 25.6 Å². The second-order valence-electron chi connectivity index (χ2n) is 4.17. The number of aliphatic carboxylic acids is 1. The number of aliphatic hydroxyl groups excluding tert-OH is 1. The topological polar surface area (TPSA) is 112 Å². The zero-order chi connectivity index (χ0) is 13.2. The molecule has 1 saturated heterocycles. The van der Waals surface area contributed by atoms with E-state index in [2.05, 4.69) is 0 Å². The maximum atomic E-state index is 11.6. The summed E-state index contributed by atoms with van der Waals surface area (Å²) in [5.41, 5.74) is 0. The Morgan fingerprint density at radius 1 is 1.41 bits per heavy atom. The molecule has 7 nitrogen and oxygen atoms in total. The summed E-state index contributed by atoms with van der Waals surface area (Å²) < 4.78 is 21.8. The molecule has 2 atom stereocenters. The maximum absolute atomic E-state index is 11.6. The quantitative estimate of drug-likeness (QED) is 0.637. The van der Waals surface area contributed by atoms with Gasteiger partial charge in [-0.2, -0.15) is 0 Å². The normalized spacial score (nSPS) is 24.9. The highest BCUT2D eigenvalue weighted by molar-refractivity contribution is 7.90. The first-order valence-corrected chi connectivity index (χ1v) is 7.15. The van der Waals surface area contributed by atoms with Gasteiger partial charge in [-0.15, -0.1) is 0 Å². The van der Waals surface area contributed by atoms with Gasteiger partial charge in [-0.1, -0.05) is 0 Å². The SMILES string of the molecule is CS(=O)(=O)CCC(=O)N1C[C@H](O)C[C@@H]1C(=O)O. The van der Waals surface area contributed by atoms with Gasteiger partial charge in [-0.25, -0.2) is 13.2 Å². The number of rotatable bonds is 4. The summed E-state index contributed by atoms with van der Waals surface area (Å²) in [5.74, 6) is -2.06. The number of β-amino-alcohol motifs (C(OH)–C–C–N with tert-alkyl or cyclic N) is 1. The number of hydrogen-bond donors (Lipinski definition) is 2. The van der Waals surface area contributed by atoms with Crippen molar-refractivity contribution in [1.82, 2.24) is 4.90 Å². The molecule has 0 radical (unpaired) electrons. The number of aliphatic hydroxyl groups is 1. The van der Waals surface area contributed by atoms with E-state index in [1.807, 2.05) is 0 Å². The van der Waals surface area contributed by atoms with Crippen LogP contribution in [0.1, 0.15) is 12.8 Å². The second-order valence-corrected chi connectivity index (χ2v) is 6.43. The minimum Gasteiger partial charge on any atom is -0.480 e. The molecular formula is C9H15NO6S. The van der Waals surface area contributed by atoms with E-state index in [9.17, 15) is 23.1 Å². The van der Waals surface area contributed by atoms with E-state index in [4.69, 9.17) is 5.11 Å². The van der Waals surface area contributed by atoms with Gasteiger partial charge in [-0.3, -0.25) is 4.79 Å². The maximum Gasteiger partial charge on any atom is 0.326 e. The second kappa shape index (κ2) is 5.01. The summed E-state index contributed by atoms with van der Waals surface area (Å²) in [7, 11) is -3.26. The lowest BCUT2D eigenvalue weighted by molar-refractivity contribution is -0.148. The monoisotopic (exact) mass is 265 g/mol. The summed E-state index contributed by atoms with van der Waals surface area (Å²) in [5, 5.41) is 18.2. The largest absolute Gasteiger partial charge is 0.480 e. The van der Waals surface area contributed by atoms with Crippen LogP contribution in [0, 0.1) is 0 Å². The first-order valence-electron chi connectivity index (χ1n) is 5.09. The number of nitrogens with zero attached hydrogens (tertiary/aromatic N) is 1. The fourth-order valence-electron chi connectivity index (χ4n) is 1.74. The van der Waals surface area contributed by atoms with Crippen molar-refractivity contribution in [2.45, 2.75) is 25.0 Å². The van der Waals surface area contributed by atoms with Gasteiger partial charge in [0.15, 0.2) is 0 Å². The zero-order valence-corrected chi connectivity index (χ0v) is 10.2. The average molecular weight is 265 g/mol. The Morgan fingerprint density at radius 2 is 2.00 bits per heavy atom. The third kappa shape index (κ3) is 3.97. The molecule has 1 heterocycles. The van der Waals surface area contributed by atoms with Crippen molar-refractivity contribution >= 4 is 21.7 Å². The lowest BCUT2D eigenvalue weighted by Crippen LogP contribution is -2.41. The van der Waals surface area contributed by atoms with Crippen LogP contribution in [0.3, 0.4) is 0 Å². The summed E-state index contributed by atoms with van der Waals surface area (Å²) in [4.78, 5) is 23.5. The van der Waals surface area contributed by atoms with E-state index in [1.54, 1.807) is 0 Å². The molecule has 8 heteroatoms. The van der Waals surface area contributed by atoms with E-state index in [0.717, 1.165) is 11.2 Å². The molecule has 17 heavy (non-hydrogen) atoms. The Labute approximate surface area is 98.9 Å². The highest BCUT2D eigenvalue weighted by atomic mass is 32.2. The predicted molar refractivity (Wildman–Crippen MR) is 58.1 cm³/mol. The predicted octanol–water partition coefficient (Wildman–Crippen LogP) is -1.53. The zero-order valence-electron chi connectivity index (χ0n) is 9.37. The molecule has 0 saturated carbocycles. The Kier molecular flexibility index (Phi) is 4.10. The van der Waals surface area contributed by atoms with Crippen molar-refractivity contribution in [3.05, 3.63) is 0 Å². The molecule has 1 fully saturated rings. The van der Waals surface area contributed by atoms with Crippen molar-refractivity contribution in [3.8, 4) is 0 Å². The summed E-state index contributed by atoms with van der Waals surface area (Å²) in [6.45, 7) is -0.0560. The number of amides is 1. The van der Waals surface area contributed by atoms with Gasteiger partial charge in [-0.05, 0) is 0 Å². The van der Waals surface area contributed by atoms with Gasteiger partial charge in [0.05, 0.1) is 11.9 Å². The van der Waals surface area contributed by atoms with Crippen LogP contribution in [0.2, 0.25) is 0 Å². The van der Waals surface area contributed by atoms with Crippen molar-refractivity contribution in [2.75, 3.05) is 18.6 Å². The van der Waals surface area contributed by atoms with Crippen LogP contribution in [0.4, 0.5) is 0 Å². The summed E-state index contributed by atoms with van der Waals surface area (Å²) in [6, 6.07) is -1.06. The van der Waals surface area contributed by atoms with Gasteiger partial charge >= 0.3 is 5.97 Å². The number of carbonyl (C=O) groups is 2. The fourth-order valence-corrected chi connectivity index (χ4v) is 2.29. The van der Waals surface area contributed by atoms with Crippen LogP contribution in [-0.2, 0) is 19.4 Å². The molecule has 0 aromatic rings. The van der Waals surface area contributed by atoms with Crippen LogP contribution in [0.5, 0.6) is 0 Å². The first kappa shape index (κ1) is 13.9. The van der Waals surface area contributed by atoms with E-state index in [1.165, 1.54) is 0 Å². The molecule has 0 aromatic carbocycles. The van der Waals surface area contributed by atoms with Gasteiger partial charge in [0.1, 0.15) is 15.9 Å². The minimum atomic E-state index is -3.26. The van der Waals surface area contributed by atoms with Gasteiger partial charge < -0.3 is 15.1 Å². The smallest absolute Gasteiger partial charge is 0.326 e. The molecule has 0 spiro atoms. The number of carboxylic acids is 1. The molecule has 1 aliphatic rings. The number of carboxylic acid groups (broad SMARTS) is 1. The van der Waals surface area contributed by atoms with Gasteiger partial charge in [0.25, 0.3) is 0 Å². The number of hydrogen-bond acceptors (Lipinski definition) is 5. The molecule has 0 bridgehead atoms. The van der Waals surface area contributed by atoms with E-state index < -0.39 is 33.9 Å². The van der Waals surface area contributed by atoms with Crippen molar-refractivity contribution in [3.63, 3.8) is 0 Å². The van der Waals surface area contributed by atoms with Crippen LogP contribution in [0.25, 0.3) is 0 Å². The first-order chi connectivity index (χ1) is 7.70. The lowest BCUT2D eigenvalue weighted by Gasteiger charge is -2.20. The number of sulfone groups is 1. The Bertz CT molecular complexity index is 417. The van der Waals surface area contributed by atoms with Crippen molar-refractivity contribution < 1.29 is 28.2 Å². The summed E-state index contributed by atoms with van der Waals surface area (Å²) in [6.07, 6.45) is -0.124. The highest BCUT2D eigenvalue weighted by Crippen LogP contribution is 2.19. The van der Waals surface area contributed by atoms with Crippen LogP contribution >= 0.6 is 0 Å². The molecule has 0 unspecified atom stereocenters. The molecule has 98 valence electrons. The van der Waals surface area contributed by atoms with E-state index >= 15 is 0 Å². The van der Waals surface area contributed by atoms with Crippen molar-refractivity contribution in [2.24, 2.45) is 0 Å². The van der Waals surface area contributed by atoms with Crippen LogP contribution < -0.4 is 0 Å². The number of likely N-dealkylation sites (tertiary alicyclic amines) is 1. The average Bonchev–Trinajstić information content (AvgIpc) is 2.55. The molecular weight excluding hydrogens is 250 g/mol.